The van der Waals surface area contributed by atoms with E-state index in [9.17, 15) is 4.79 Å². The van der Waals surface area contributed by atoms with Gasteiger partial charge in [0.15, 0.2) is 0 Å². The molecule has 1 aliphatic heterocycles. The molecular weight excluding hydrogens is 240 g/mol. The molecular formula is C16H22O3. The largest absolute Gasteiger partial charge is 0.466 e. The molecule has 3 heteroatoms. The van der Waals surface area contributed by atoms with E-state index in [1.807, 2.05) is 25.1 Å². The maximum atomic E-state index is 11.7. The average molecular weight is 262 g/mol. The fourth-order valence-electron chi connectivity index (χ4n) is 2.72. The highest BCUT2D eigenvalue weighted by Crippen LogP contribution is 2.36. The van der Waals surface area contributed by atoms with Gasteiger partial charge in [0.05, 0.1) is 13.0 Å². The third-order valence-electron chi connectivity index (χ3n) is 3.90. The fourth-order valence-corrected chi connectivity index (χ4v) is 2.72. The summed E-state index contributed by atoms with van der Waals surface area (Å²) in [6, 6.07) is 8.21. The predicted octanol–water partition coefficient (Wildman–Crippen LogP) is 2.86. The molecule has 1 aromatic carbocycles. The van der Waals surface area contributed by atoms with Crippen molar-refractivity contribution in [3.63, 3.8) is 0 Å². The van der Waals surface area contributed by atoms with Gasteiger partial charge in [-0.15, -0.1) is 0 Å². The van der Waals surface area contributed by atoms with Crippen molar-refractivity contribution in [2.45, 2.75) is 38.5 Å². The van der Waals surface area contributed by atoms with Crippen LogP contribution in [-0.4, -0.2) is 25.8 Å². The standard InChI is InChI=1S/C16H22O3/c1-3-19-15(17)12-13-6-4-5-7-14(13)16(2)8-10-18-11-9-16/h4-7H,3,8-12H2,1-2H3. The van der Waals surface area contributed by atoms with Crippen molar-refractivity contribution >= 4 is 5.97 Å². The third-order valence-corrected chi connectivity index (χ3v) is 3.90. The van der Waals surface area contributed by atoms with Crippen LogP contribution in [0, 0.1) is 0 Å². The lowest BCUT2D eigenvalue weighted by Crippen LogP contribution is -2.32. The van der Waals surface area contributed by atoms with Crippen molar-refractivity contribution in [3.05, 3.63) is 35.4 Å². The quantitative estimate of drug-likeness (QED) is 0.783. The molecule has 1 saturated heterocycles. The molecule has 1 heterocycles. The Kier molecular flexibility index (Phi) is 4.59. The molecule has 0 bridgehead atoms. The molecule has 0 aromatic heterocycles. The van der Waals surface area contributed by atoms with Crippen LogP contribution in [0.2, 0.25) is 0 Å². The van der Waals surface area contributed by atoms with Crippen molar-refractivity contribution in [2.24, 2.45) is 0 Å². The second-order valence-corrected chi connectivity index (χ2v) is 5.31. The van der Waals surface area contributed by atoms with E-state index in [1.165, 1.54) is 5.56 Å². The van der Waals surface area contributed by atoms with Crippen molar-refractivity contribution < 1.29 is 14.3 Å². The molecule has 0 saturated carbocycles. The predicted molar refractivity (Wildman–Crippen MR) is 74.2 cm³/mol. The number of carbonyl (C=O) groups is 1. The minimum absolute atomic E-state index is 0.112. The van der Waals surface area contributed by atoms with E-state index >= 15 is 0 Å². The second kappa shape index (κ2) is 6.20. The third kappa shape index (κ3) is 3.35. The molecule has 0 aliphatic carbocycles. The Bertz CT molecular complexity index is 433. The van der Waals surface area contributed by atoms with Crippen molar-refractivity contribution in [2.75, 3.05) is 19.8 Å². The first-order valence-electron chi connectivity index (χ1n) is 6.97. The van der Waals surface area contributed by atoms with E-state index in [0.29, 0.717) is 13.0 Å². The van der Waals surface area contributed by atoms with Gasteiger partial charge < -0.3 is 9.47 Å². The number of benzene rings is 1. The monoisotopic (exact) mass is 262 g/mol. The van der Waals surface area contributed by atoms with Crippen LogP contribution in [0.1, 0.15) is 37.8 Å². The second-order valence-electron chi connectivity index (χ2n) is 5.31. The molecule has 0 spiro atoms. The van der Waals surface area contributed by atoms with Crippen LogP contribution in [0.5, 0.6) is 0 Å². The van der Waals surface area contributed by atoms with Gasteiger partial charge in [0.2, 0.25) is 0 Å². The highest BCUT2D eigenvalue weighted by molar-refractivity contribution is 5.73. The first kappa shape index (κ1) is 14.1. The minimum atomic E-state index is -0.148. The summed E-state index contributed by atoms with van der Waals surface area (Å²) in [6.45, 7) is 6.13. The SMILES string of the molecule is CCOC(=O)Cc1ccccc1C1(C)CCOCC1. The summed E-state index contributed by atoms with van der Waals surface area (Å²) < 4.78 is 10.5. The van der Waals surface area contributed by atoms with E-state index in [1.54, 1.807) is 0 Å². The van der Waals surface area contributed by atoms with Gasteiger partial charge >= 0.3 is 5.97 Å². The Morgan fingerprint density at radius 3 is 2.68 bits per heavy atom. The van der Waals surface area contributed by atoms with Crippen LogP contribution in [0.4, 0.5) is 0 Å². The molecule has 0 atom stereocenters. The van der Waals surface area contributed by atoms with Crippen LogP contribution in [0.3, 0.4) is 0 Å². The normalized spacial score (nSPS) is 18.0. The summed E-state index contributed by atoms with van der Waals surface area (Å²) in [5.41, 5.74) is 2.47. The van der Waals surface area contributed by atoms with E-state index < -0.39 is 0 Å². The molecule has 1 fully saturated rings. The van der Waals surface area contributed by atoms with Crippen molar-refractivity contribution in [1.82, 2.24) is 0 Å². The molecule has 2 rings (SSSR count). The maximum absolute atomic E-state index is 11.7. The van der Waals surface area contributed by atoms with Gasteiger partial charge in [-0.3, -0.25) is 4.79 Å². The van der Waals surface area contributed by atoms with Gasteiger partial charge in [0, 0.05) is 13.2 Å². The Labute approximate surface area is 114 Å². The number of esters is 1. The summed E-state index contributed by atoms with van der Waals surface area (Å²) in [7, 11) is 0. The lowest BCUT2D eigenvalue weighted by Gasteiger charge is -2.35. The van der Waals surface area contributed by atoms with E-state index in [-0.39, 0.29) is 11.4 Å². The number of carbonyl (C=O) groups excluding carboxylic acids is 1. The Balaban J connectivity index is 2.22. The molecule has 0 N–H and O–H groups in total. The Morgan fingerprint density at radius 2 is 2.00 bits per heavy atom. The van der Waals surface area contributed by atoms with Crippen molar-refractivity contribution in [3.8, 4) is 0 Å². The fraction of sp³-hybridized carbons (Fsp3) is 0.562. The maximum Gasteiger partial charge on any atom is 0.310 e. The zero-order valence-electron chi connectivity index (χ0n) is 11.8. The van der Waals surface area contributed by atoms with E-state index in [2.05, 4.69) is 13.0 Å². The lowest BCUT2D eigenvalue weighted by atomic mass is 9.74. The first-order valence-corrected chi connectivity index (χ1v) is 6.97. The van der Waals surface area contributed by atoms with Gasteiger partial charge in [0.1, 0.15) is 0 Å². The summed E-state index contributed by atoms with van der Waals surface area (Å²) >= 11 is 0. The van der Waals surface area contributed by atoms with Gasteiger partial charge in [-0.25, -0.2) is 0 Å². The summed E-state index contributed by atoms with van der Waals surface area (Å²) in [6.07, 6.45) is 2.38. The number of ether oxygens (including phenoxy) is 2. The Hall–Kier alpha value is -1.35. The summed E-state index contributed by atoms with van der Waals surface area (Å²) in [4.78, 5) is 11.7. The topological polar surface area (TPSA) is 35.5 Å². The molecule has 1 aromatic rings. The van der Waals surface area contributed by atoms with Crippen LogP contribution in [0.15, 0.2) is 24.3 Å². The van der Waals surface area contributed by atoms with Gasteiger partial charge in [-0.1, -0.05) is 31.2 Å². The van der Waals surface area contributed by atoms with Crippen LogP contribution in [-0.2, 0) is 26.1 Å². The molecule has 0 unspecified atom stereocenters. The zero-order chi connectivity index (χ0) is 13.7. The van der Waals surface area contributed by atoms with Crippen LogP contribution in [0.25, 0.3) is 0 Å². The van der Waals surface area contributed by atoms with E-state index in [0.717, 1.165) is 31.6 Å². The highest BCUT2D eigenvalue weighted by Gasteiger charge is 2.31. The number of rotatable bonds is 4. The molecule has 104 valence electrons. The lowest BCUT2D eigenvalue weighted by molar-refractivity contribution is -0.142. The van der Waals surface area contributed by atoms with Gasteiger partial charge in [-0.05, 0) is 36.3 Å². The molecule has 0 amide bonds. The molecule has 1 aliphatic rings. The van der Waals surface area contributed by atoms with E-state index in [4.69, 9.17) is 9.47 Å². The smallest absolute Gasteiger partial charge is 0.310 e. The highest BCUT2D eigenvalue weighted by atomic mass is 16.5. The van der Waals surface area contributed by atoms with Crippen LogP contribution >= 0.6 is 0 Å². The number of hydrogen-bond acceptors (Lipinski definition) is 3. The summed E-state index contributed by atoms with van der Waals surface area (Å²) in [5.74, 6) is -0.148. The van der Waals surface area contributed by atoms with Crippen LogP contribution < -0.4 is 0 Å². The molecule has 0 radical (unpaired) electrons. The number of hydrogen-bond donors (Lipinski definition) is 0. The van der Waals surface area contributed by atoms with Gasteiger partial charge in [0.25, 0.3) is 0 Å². The minimum Gasteiger partial charge on any atom is -0.466 e. The molecule has 3 nitrogen and oxygen atoms in total. The summed E-state index contributed by atoms with van der Waals surface area (Å²) in [5, 5.41) is 0. The van der Waals surface area contributed by atoms with Gasteiger partial charge in [-0.2, -0.15) is 0 Å². The molecule has 19 heavy (non-hydrogen) atoms. The zero-order valence-corrected chi connectivity index (χ0v) is 11.8. The van der Waals surface area contributed by atoms with Crippen molar-refractivity contribution in [1.29, 1.82) is 0 Å². The average Bonchev–Trinajstić information content (AvgIpc) is 2.40. The Morgan fingerprint density at radius 1 is 1.32 bits per heavy atom. The first-order chi connectivity index (χ1) is 9.15.